The molecule has 2 aliphatic rings. The van der Waals surface area contributed by atoms with Crippen molar-refractivity contribution in [2.24, 2.45) is 10.9 Å². The van der Waals surface area contributed by atoms with Gasteiger partial charge in [0.2, 0.25) is 0 Å². The molecule has 1 atom stereocenters. The van der Waals surface area contributed by atoms with E-state index in [-0.39, 0.29) is 30.1 Å². The fraction of sp³-hybridized carbons (Fsp3) is 0.720. The first kappa shape index (κ1) is 28.1. The van der Waals surface area contributed by atoms with Gasteiger partial charge in [-0.25, -0.2) is 0 Å². The lowest BCUT2D eigenvalue weighted by atomic mass is 10.2. The Morgan fingerprint density at radius 3 is 2.42 bits per heavy atom. The van der Waals surface area contributed by atoms with E-state index in [1.165, 1.54) is 12.8 Å². The zero-order valence-corrected chi connectivity index (χ0v) is 23.2. The van der Waals surface area contributed by atoms with Gasteiger partial charge in [-0.15, -0.1) is 24.0 Å². The second-order valence-electron chi connectivity index (χ2n) is 9.49. The molecule has 0 radical (unpaired) electrons. The lowest BCUT2D eigenvalue weighted by Gasteiger charge is -2.35. The van der Waals surface area contributed by atoms with Crippen LogP contribution in [0.2, 0.25) is 0 Å². The van der Waals surface area contributed by atoms with E-state index in [2.05, 4.69) is 34.4 Å². The predicted molar refractivity (Wildman–Crippen MR) is 148 cm³/mol. The summed E-state index contributed by atoms with van der Waals surface area (Å²) in [5.41, 5.74) is 1.00. The molecule has 1 aliphatic carbocycles. The molecule has 188 valence electrons. The Kier molecular flexibility index (Phi) is 12.8. The predicted octanol–water partition coefficient (Wildman–Crippen LogP) is 3.90. The molecule has 0 spiro atoms. The van der Waals surface area contributed by atoms with E-state index in [9.17, 15) is 0 Å². The van der Waals surface area contributed by atoms with Crippen molar-refractivity contribution in [1.29, 1.82) is 0 Å². The molecule has 0 aromatic heterocycles. The largest absolute Gasteiger partial charge is 0.491 e. The van der Waals surface area contributed by atoms with Crippen LogP contribution >= 0.6 is 24.0 Å². The van der Waals surface area contributed by atoms with E-state index in [0.29, 0.717) is 6.04 Å². The molecule has 7 nitrogen and oxygen atoms in total. The van der Waals surface area contributed by atoms with E-state index >= 15 is 0 Å². The van der Waals surface area contributed by atoms with E-state index < -0.39 is 0 Å². The van der Waals surface area contributed by atoms with E-state index in [0.717, 1.165) is 82.2 Å². The monoisotopic (exact) mass is 573 g/mol. The zero-order chi connectivity index (χ0) is 22.8. The summed E-state index contributed by atoms with van der Waals surface area (Å²) in [6.45, 7) is 14.2. The quantitative estimate of drug-likeness (QED) is 0.171. The second kappa shape index (κ2) is 15.0. The van der Waals surface area contributed by atoms with Crippen LogP contribution in [0.3, 0.4) is 0 Å². The molecule has 1 saturated heterocycles. The standard InChI is InChI=1S/C25H43N5O2.HI/c1-20(2)32-24-10-8-23(9-11-24)28-25(26-12-5-17-31-19-22-6-7-22)27-18-21(3)30-15-13-29(4)14-16-30;/h8-11,20-22H,5-7,12-19H2,1-4H3,(H2,26,27,28);1H. The van der Waals surface area contributed by atoms with Crippen molar-refractivity contribution >= 4 is 35.6 Å². The number of hydrogen-bond acceptors (Lipinski definition) is 5. The second-order valence-corrected chi connectivity index (χ2v) is 9.49. The molecule has 0 amide bonds. The summed E-state index contributed by atoms with van der Waals surface area (Å²) in [4.78, 5) is 9.83. The molecule has 1 aromatic carbocycles. The van der Waals surface area contributed by atoms with Crippen LogP contribution < -0.4 is 15.4 Å². The van der Waals surface area contributed by atoms with Gasteiger partial charge in [0.1, 0.15) is 5.75 Å². The molecular formula is C25H44IN5O2. The fourth-order valence-corrected chi connectivity index (χ4v) is 3.68. The van der Waals surface area contributed by atoms with Gasteiger partial charge >= 0.3 is 0 Å². The Balaban J connectivity index is 0.00000385. The number of hydrogen-bond donors (Lipinski definition) is 2. The molecule has 2 fully saturated rings. The Hall–Kier alpha value is -1.10. The summed E-state index contributed by atoms with van der Waals surface area (Å²) in [5.74, 6) is 2.53. The molecule has 8 heteroatoms. The number of anilines is 1. The van der Waals surface area contributed by atoms with Crippen molar-refractivity contribution in [2.75, 3.05) is 64.8 Å². The zero-order valence-electron chi connectivity index (χ0n) is 20.9. The van der Waals surface area contributed by atoms with E-state index in [1.807, 2.05) is 38.1 Å². The Morgan fingerprint density at radius 1 is 1.09 bits per heavy atom. The van der Waals surface area contributed by atoms with Crippen LogP contribution in [0, 0.1) is 5.92 Å². The average molecular weight is 574 g/mol. The lowest BCUT2D eigenvalue weighted by molar-refractivity contribution is 0.122. The van der Waals surface area contributed by atoms with E-state index in [4.69, 9.17) is 14.5 Å². The van der Waals surface area contributed by atoms with Crippen LogP contribution in [0.5, 0.6) is 5.75 Å². The van der Waals surface area contributed by atoms with E-state index in [1.54, 1.807) is 0 Å². The summed E-state index contributed by atoms with van der Waals surface area (Å²) in [7, 11) is 2.19. The van der Waals surface area contributed by atoms with Crippen LogP contribution in [0.4, 0.5) is 5.69 Å². The van der Waals surface area contributed by atoms with Gasteiger partial charge in [-0.05, 0) is 77.3 Å². The summed E-state index contributed by atoms with van der Waals surface area (Å²) in [6, 6.07) is 8.50. The number of ether oxygens (including phenoxy) is 2. The summed E-state index contributed by atoms with van der Waals surface area (Å²) in [6.07, 6.45) is 3.82. The molecule has 1 aliphatic heterocycles. The highest BCUT2D eigenvalue weighted by Crippen LogP contribution is 2.28. The highest BCUT2D eigenvalue weighted by molar-refractivity contribution is 14.0. The van der Waals surface area contributed by atoms with Gasteiger partial charge in [-0.3, -0.25) is 9.89 Å². The van der Waals surface area contributed by atoms with Gasteiger partial charge in [0.25, 0.3) is 0 Å². The van der Waals surface area contributed by atoms with Crippen LogP contribution in [-0.2, 0) is 4.74 Å². The minimum absolute atomic E-state index is 0. The molecule has 0 bridgehead atoms. The van der Waals surface area contributed by atoms with Gasteiger partial charge in [0, 0.05) is 57.7 Å². The van der Waals surface area contributed by atoms with Gasteiger partial charge < -0.3 is 25.0 Å². The first-order valence-corrected chi connectivity index (χ1v) is 12.3. The Morgan fingerprint density at radius 2 is 1.79 bits per heavy atom. The maximum absolute atomic E-state index is 5.76. The van der Waals surface area contributed by atoms with Gasteiger partial charge in [-0.1, -0.05) is 0 Å². The van der Waals surface area contributed by atoms with Crippen molar-refractivity contribution in [3.63, 3.8) is 0 Å². The number of aliphatic imine (C=N–C) groups is 1. The maximum Gasteiger partial charge on any atom is 0.195 e. The highest BCUT2D eigenvalue weighted by atomic mass is 127. The Bertz CT molecular complexity index is 689. The molecule has 1 aromatic rings. The minimum atomic E-state index is 0. The SMILES string of the molecule is CC(C)Oc1ccc(NC(=NCC(C)N2CCN(C)CC2)NCCCOCC2CC2)cc1.I. The summed E-state index contributed by atoms with van der Waals surface area (Å²) >= 11 is 0. The lowest BCUT2D eigenvalue weighted by Crippen LogP contribution is -2.49. The third-order valence-electron chi connectivity index (χ3n) is 5.97. The number of guanidine groups is 1. The maximum atomic E-state index is 5.76. The minimum Gasteiger partial charge on any atom is -0.491 e. The van der Waals surface area contributed by atoms with Gasteiger partial charge in [0.15, 0.2) is 5.96 Å². The van der Waals surface area contributed by atoms with Crippen molar-refractivity contribution in [1.82, 2.24) is 15.1 Å². The topological polar surface area (TPSA) is 61.4 Å². The van der Waals surface area contributed by atoms with Crippen molar-refractivity contribution in [2.45, 2.75) is 52.2 Å². The third kappa shape index (κ3) is 11.2. The normalized spacial score (nSPS) is 18.6. The molecule has 33 heavy (non-hydrogen) atoms. The van der Waals surface area contributed by atoms with Crippen LogP contribution in [0.15, 0.2) is 29.3 Å². The number of benzene rings is 1. The summed E-state index contributed by atoms with van der Waals surface area (Å²) in [5, 5.41) is 6.94. The number of rotatable bonds is 12. The van der Waals surface area contributed by atoms with Gasteiger partial charge in [0.05, 0.1) is 12.6 Å². The first-order valence-electron chi connectivity index (χ1n) is 12.3. The number of halogens is 1. The molecule has 1 heterocycles. The third-order valence-corrected chi connectivity index (χ3v) is 5.97. The molecule has 2 N–H and O–H groups in total. The van der Waals surface area contributed by atoms with Crippen LogP contribution in [0.1, 0.15) is 40.0 Å². The highest BCUT2D eigenvalue weighted by Gasteiger charge is 2.21. The van der Waals surface area contributed by atoms with Crippen LogP contribution in [-0.4, -0.2) is 87.4 Å². The number of likely N-dealkylation sites (N-methyl/N-ethyl adjacent to an activating group) is 1. The number of nitrogens with one attached hydrogen (secondary N) is 2. The first-order chi connectivity index (χ1) is 15.5. The fourth-order valence-electron chi connectivity index (χ4n) is 3.68. The molecule has 3 rings (SSSR count). The molecular weight excluding hydrogens is 529 g/mol. The number of nitrogens with zero attached hydrogens (tertiary/aromatic N) is 3. The van der Waals surface area contributed by atoms with Crippen LogP contribution in [0.25, 0.3) is 0 Å². The van der Waals surface area contributed by atoms with Gasteiger partial charge in [-0.2, -0.15) is 0 Å². The molecule has 1 saturated carbocycles. The van der Waals surface area contributed by atoms with Crippen molar-refractivity contribution in [3.8, 4) is 5.75 Å². The smallest absolute Gasteiger partial charge is 0.195 e. The average Bonchev–Trinajstić information content (AvgIpc) is 3.60. The summed E-state index contributed by atoms with van der Waals surface area (Å²) < 4.78 is 11.5. The van der Waals surface area contributed by atoms with Crippen molar-refractivity contribution in [3.05, 3.63) is 24.3 Å². The molecule has 1 unspecified atom stereocenters. The number of piperazine rings is 1. The Labute approximate surface area is 217 Å². The van der Waals surface area contributed by atoms with Crippen molar-refractivity contribution < 1.29 is 9.47 Å².